The molecule has 1 aromatic carbocycles. The fraction of sp³-hybridized carbons (Fsp3) is 0.579. The lowest BCUT2D eigenvalue weighted by atomic mass is 9.96. The lowest BCUT2D eigenvalue weighted by molar-refractivity contribution is -0.117. The molecule has 4 nitrogen and oxygen atoms in total. The minimum Gasteiger partial charge on any atom is -0.330 e. The Hall–Kier alpha value is -1.20. The first kappa shape index (κ1) is 18.6. The first-order valence-electron chi connectivity index (χ1n) is 9.12. The molecule has 25 heavy (non-hydrogen) atoms. The number of rotatable bonds is 4. The number of amidine groups is 1. The van der Waals surface area contributed by atoms with Crippen LogP contribution in [0.4, 0.5) is 5.69 Å². The van der Waals surface area contributed by atoms with Gasteiger partial charge < -0.3 is 4.90 Å². The molecule has 0 spiro atoms. The van der Waals surface area contributed by atoms with Crippen molar-refractivity contribution in [1.29, 1.82) is 0 Å². The summed E-state index contributed by atoms with van der Waals surface area (Å²) in [6.07, 6.45) is 6.30. The van der Waals surface area contributed by atoms with E-state index in [0.717, 1.165) is 23.2 Å². The van der Waals surface area contributed by atoms with Crippen molar-refractivity contribution >= 4 is 40.1 Å². The number of hydrogen-bond donors (Lipinski definition) is 0. The second-order valence-electron chi connectivity index (χ2n) is 6.65. The van der Waals surface area contributed by atoms with Gasteiger partial charge in [0.15, 0.2) is 5.17 Å². The number of anilines is 1. The zero-order valence-electron chi connectivity index (χ0n) is 14.9. The summed E-state index contributed by atoms with van der Waals surface area (Å²) < 4.78 is 0. The van der Waals surface area contributed by atoms with Crippen LogP contribution < -0.4 is 4.90 Å². The molecule has 1 saturated heterocycles. The van der Waals surface area contributed by atoms with Crippen LogP contribution in [0.15, 0.2) is 29.3 Å². The van der Waals surface area contributed by atoms with Gasteiger partial charge >= 0.3 is 0 Å². The third-order valence-electron chi connectivity index (χ3n) is 4.92. The number of benzene rings is 1. The van der Waals surface area contributed by atoms with Crippen molar-refractivity contribution in [3.8, 4) is 0 Å². The van der Waals surface area contributed by atoms with Gasteiger partial charge in [0.2, 0.25) is 5.91 Å². The number of amides is 1. The van der Waals surface area contributed by atoms with E-state index in [1.165, 1.54) is 32.1 Å². The molecule has 0 radical (unpaired) electrons. The van der Waals surface area contributed by atoms with E-state index in [2.05, 4.69) is 11.8 Å². The molecule has 1 heterocycles. The predicted octanol–water partition coefficient (Wildman–Crippen LogP) is 4.78. The van der Waals surface area contributed by atoms with Gasteiger partial charge in [0.25, 0.3) is 0 Å². The number of thioether (sulfide) groups is 1. The topological polar surface area (TPSA) is 35.9 Å². The summed E-state index contributed by atoms with van der Waals surface area (Å²) >= 11 is 7.78. The molecule has 0 bridgehead atoms. The second-order valence-corrected chi connectivity index (χ2v) is 8.07. The minimum absolute atomic E-state index is 0.0102. The van der Waals surface area contributed by atoms with Crippen LogP contribution in [0.3, 0.4) is 0 Å². The van der Waals surface area contributed by atoms with E-state index < -0.39 is 0 Å². The summed E-state index contributed by atoms with van der Waals surface area (Å²) in [5.41, 5.74) is 0.889. The maximum Gasteiger partial charge on any atom is 0.225 e. The maximum absolute atomic E-state index is 12.4. The van der Waals surface area contributed by atoms with E-state index in [4.69, 9.17) is 16.6 Å². The van der Waals surface area contributed by atoms with Crippen LogP contribution in [-0.2, 0) is 4.79 Å². The van der Waals surface area contributed by atoms with Crippen LogP contribution in [0.25, 0.3) is 0 Å². The fourth-order valence-electron chi connectivity index (χ4n) is 3.65. The zero-order chi connectivity index (χ0) is 17.8. The van der Waals surface area contributed by atoms with Crippen molar-refractivity contribution in [3.63, 3.8) is 0 Å². The fourth-order valence-corrected chi connectivity index (χ4v) is 5.05. The Morgan fingerprint density at radius 1 is 1.28 bits per heavy atom. The molecule has 1 aromatic rings. The number of carbonyl (C=O) groups is 1. The quantitative estimate of drug-likeness (QED) is 0.755. The highest BCUT2D eigenvalue weighted by Crippen LogP contribution is 2.32. The number of carbonyl (C=O) groups excluding carboxylic acids is 1. The normalized spacial score (nSPS) is 23.2. The Balaban J connectivity index is 1.83. The average molecular weight is 380 g/mol. The smallest absolute Gasteiger partial charge is 0.225 e. The van der Waals surface area contributed by atoms with Crippen molar-refractivity contribution in [2.75, 3.05) is 17.2 Å². The highest BCUT2D eigenvalue weighted by atomic mass is 35.5. The summed E-state index contributed by atoms with van der Waals surface area (Å²) in [5, 5.41) is 1.78. The standard InChI is InChI=1S/C19H26ClN3OS/c1-3-22-18(13-25-19(22)21-16-7-5-4-6-8-16)23(14(2)24)17-11-9-15(20)10-12-17/h9-12,16,18H,3-8,13H2,1-2H3. The minimum atomic E-state index is 0.0102. The Labute approximate surface area is 159 Å². The van der Waals surface area contributed by atoms with Crippen molar-refractivity contribution < 1.29 is 4.79 Å². The van der Waals surface area contributed by atoms with E-state index in [1.54, 1.807) is 18.7 Å². The highest BCUT2D eigenvalue weighted by Gasteiger charge is 2.36. The van der Waals surface area contributed by atoms with E-state index in [9.17, 15) is 4.79 Å². The Morgan fingerprint density at radius 2 is 1.96 bits per heavy atom. The van der Waals surface area contributed by atoms with Crippen molar-refractivity contribution in [1.82, 2.24) is 4.90 Å². The number of aliphatic imine (C=N–C) groups is 1. The van der Waals surface area contributed by atoms with Crippen LogP contribution in [0, 0.1) is 0 Å². The van der Waals surface area contributed by atoms with Crippen LogP contribution in [-0.4, -0.2) is 40.5 Å². The van der Waals surface area contributed by atoms with Crippen LogP contribution in [0.1, 0.15) is 46.0 Å². The van der Waals surface area contributed by atoms with Gasteiger partial charge in [-0.3, -0.25) is 14.7 Å². The van der Waals surface area contributed by atoms with Crippen LogP contribution in [0.5, 0.6) is 0 Å². The molecule has 3 rings (SSSR count). The number of hydrogen-bond acceptors (Lipinski definition) is 3. The molecule has 0 N–H and O–H groups in total. The number of halogens is 1. The van der Waals surface area contributed by atoms with E-state index in [1.807, 2.05) is 29.2 Å². The van der Waals surface area contributed by atoms with Gasteiger partial charge in [0.1, 0.15) is 6.17 Å². The Bertz CT molecular complexity index is 628. The highest BCUT2D eigenvalue weighted by molar-refractivity contribution is 8.14. The lowest BCUT2D eigenvalue weighted by Crippen LogP contribution is -2.50. The third kappa shape index (κ3) is 4.32. The summed E-state index contributed by atoms with van der Waals surface area (Å²) in [7, 11) is 0. The van der Waals surface area contributed by atoms with Gasteiger partial charge in [-0.05, 0) is 44.0 Å². The summed E-state index contributed by atoms with van der Waals surface area (Å²) in [4.78, 5) is 21.6. The average Bonchev–Trinajstić information content (AvgIpc) is 2.99. The molecular weight excluding hydrogens is 354 g/mol. The lowest BCUT2D eigenvalue weighted by Gasteiger charge is -2.34. The van der Waals surface area contributed by atoms with Gasteiger partial charge in [0.05, 0.1) is 6.04 Å². The second kappa shape index (κ2) is 8.45. The summed E-state index contributed by atoms with van der Waals surface area (Å²) in [6.45, 7) is 4.61. The summed E-state index contributed by atoms with van der Waals surface area (Å²) in [6, 6.07) is 7.95. The molecule has 2 aliphatic rings. The molecule has 1 aliphatic carbocycles. The molecule has 1 unspecified atom stereocenters. The molecule has 0 aromatic heterocycles. The predicted molar refractivity (Wildman–Crippen MR) is 108 cm³/mol. The zero-order valence-corrected chi connectivity index (χ0v) is 16.5. The van der Waals surface area contributed by atoms with Gasteiger partial charge in [-0.1, -0.05) is 42.6 Å². The van der Waals surface area contributed by atoms with E-state index >= 15 is 0 Å². The van der Waals surface area contributed by atoms with Crippen molar-refractivity contribution in [2.45, 2.75) is 58.2 Å². The van der Waals surface area contributed by atoms with E-state index in [0.29, 0.717) is 11.1 Å². The van der Waals surface area contributed by atoms with Gasteiger partial charge in [-0.25, -0.2) is 0 Å². The van der Waals surface area contributed by atoms with Crippen LogP contribution in [0.2, 0.25) is 5.02 Å². The molecular formula is C19H26ClN3OS. The SMILES string of the molecule is CCN1C(=NC2CCCCC2)SCC1N(C(C)=O)c1ccc(Cl)cc1. The molecule has 1 aliphatic heterocycles. The first-order valence-corrected chi connectivity index (χ1v) is 10.5. The Morgan fingerprint density at radius 3 is 2.56 bits per heavy atom. The maximum atomic E-state index is 12.4. The monoisotopic (exact) mass is 379 g/mol. The molecule has 136 valence electrons. The Kier molecular flexibility index (Phi) is 6.29. The van der Waals surface area contributed by atoms with Gasteiger partial charge in [-0.2, -0.15) is 0 Å². The van der Waals surface area contributed by atoms with Crippen molar-refractivity contribution in [3.05, 3.63) is 29.3 Å². The van der Waals surface area contributed by atoms with Crippen molar-refractivity contribution in [2.24, 2.45) is 4.99 Å². The number of nitrogens with zero attached hydrogens (tertiary/aromatic N) is 3. The largest absolute Gasteiger partial charge is 0.330 e. The van der Waals surface area contributed by atoms with Gasteiger partial charge in [0, 0.05) is 29.9 Å². The first-order chi connectivity index (χ1) is 12.1. The summed E-state index contributed by atoms with van der Waals surface area (Å²) in [5.74, 6) is 0.895. The molecule has 1 amide bonds. The molecule has 1 saturated carbocycles. The molecule has 6 heteroatoms. The third-order valence-corrected chi connectivity index (χ3v) is 6.23. The molecule has 1 atom stereocenters. The van der Waals surface area contributed by atoms with Crippen LogP contribution >= 0.6 is 23.4 Å². The van der Waals surface area contributed by atoms with E-state index in [-0.39, 0.29) is 12.1 Å². The molecule has 2 fully saturated rings. The van der Waals surface area contributed by atoms with Gasteiger partial charge in [-0.15, -0.1) is 0 Å².